The molecule has 3 atom stereocenters. The Labute approximate surface area is 84.3 Å². The predicted molar refractivity (Wildman–Crippen MR) is 52.9 cm³/mol. The van der Waals surface area contributed by atoms with E-state index in [-0.39, 0.29) is 12.1 Å². The van der Waals surface area contributed by atoms with E-state index in [0.717, 1.165) is 32.4 Å². The molecule has 80 valence electrons. The Balaban J connectivity index is 1.95. The maximum absolute atomic E-state index is 11.4. The molecule has 0 radical (unpaired) electrons. The molecule has 2 rings (SSSR count). The van der Waals surface area contributed by atoms with E-state index in [1.807, 2.05) is 4.90 Å². The lowest BCUT2D eigenvalue weighted by atomic mass is 9.80. The molecule has 1 saturated heterocycles. The summed E-state index contributed by atoms with van der Waals surface area (Å²) in [6.45, 7) is 1.69. The minimum Gasteiger partial charge on any atom is -0.393 e. The van der Waals surface area contributed by atoms with Gasteiger partial charge < -0.3 is 15.3 Å². The third-order valence-corrected chi connectivity index (χ3v) is 3.52. The standard InChI is InChI=1S/C10H18N2O2/c1-11-10(14)12-5-7-2-3-9(13)4-8(7)6-12/h7-9,13H,2-6H2,1H3,(H,11,14). The number of aliphatic hydroxyl groups is 1. The lowest BCUT2D eigenvalue weighted by Crippen LogP contribution is -2.36. The second-order valence-electron chi connectivity index (χ2n) is 4.45. The van der Waals surface area contributed by atoms with Crippen LogP contribution in [0.4, 0.5) is 4.79 Å². The Morgan fingerprint density at radius 3 is 2.79 bits per heavy atom. The van der Waals surface area contributed by atoms with Crippen LogP contribution in [0.2, 0.25) is 0 Å². The number of nitrogens with one attached hydrogen (secondary N) is 1. The number of aliphatic hydroxyl groups excluding tert-OH is 1. The number of hydrogen-bond acceptors (Lipinski definition) is 2. The summed E-state index contributed by atoms with van der Waals surface area (Å²) in [5, 5.41) is 12.2. The molecule has 3 unspecified atom stereocenters. The zero-order chi connectivity index (χ0) is 10.1. The number of hydrogen-bond donors (Lipinski definition) is 2. The highest BCUT2D eigenvalue weighted by atomic mass is 16.3. The van der Waals surface area contributed by atoms with Crippen molar-refractivity contribution in [1.82, 2.24) is 10.2 Å². The van der Waals surface area contributed by atoms with E-state index >= 15 is 0 Å². The average Bonchev–Trinajstić information content (AvgIpc) is 2.59. The van der Waals surface area contributed by atoms with Gasteiger partial charge in [0.1, 0.15) is 0 Å². The van der Waals surface area contributed by atoms with Gasteiger partial charge in [-0.2, -0.15) is 0 Å². The molecular weight excluding hydrogens is 180 g/mol. The van der Waals surface area contributed by atoms with Gasteiger partial charge in [0.15, 0.2) is 0 Å². The lowest BCUT2D eigenvalue weighted by Gasteiger charge is -2.27. The van der Waals surface area contributed by atoms with Crippen LogP contribution >= 0.6 is 0 Å². The molecule has 1 aliphatic carbocycles. The van der Waals surface area contributed by atoms with E-state index in [9.17, 15) is 9.90 Å². The number of likely N-dealkylation sites (tertiary alicyclic amines) is 1. The van der Waals surface area contributed by atoms with Crippen molar-refractivity contribution in [3.05, 3.63) is 0 Å². The van der Waals surface area contributed by atoms with Crippen molar-refractivity contribution < 1.29 is 9.90 Å². The van der Waals surface area contributed by atoms with Crippen LogP contribution < -0.4 is 5.32 Å². The number of rotatable bonds is 0. The van der Waals surface area contributed by atoms with E-state index in [2.05, 4.69) is 5.32 Å². The molecule has 0 aromatic rings. The van der Waals surface area contributed by atoms with Gasteiger partial charge in [0, 0.05) is 20.1 Å². The molecule has 0 aromatic carbocycles. The molecule has 4 nitrogen and oxygen atoms in total. The van der Waals surface area contributed by atoms with Crippen LogP contribution in [0.5, 0.6) is 0 Å². The molecule has 2 aliphatic rings. The highest BCUT2D eigenvalue weighted by Gasteiger charge is 2.38. The van der Waals surface area contributed by atoms with Gasteiger partial charge in [0.05, 0.1) is 6.10 Å². The second kappa shape index (κ2) is 3.77. The molecule has 1 aliphatic heterocycles. The third-order valence-electron chi connectivity index (χ3n) is 3.52. The summed E-state index contributed by atoms with van der Waals surface area (Å²) in [5.41, 5.74) is 0. The summed E-state index contributed by atoms with van der Waals surface area (Å²) < 4.78 is 0. The van der Waals surface area contributed by atoms with Crippen LogP contribution in [-0.4, -0.2) is 42.3 Å². The first-order chi connectivity index (χ1) is 6.70. The normalized spacial score (nSPS) is 36.7. The molecule has 0 bridgehead atoms. The first-order valence-corrected chi connectivity index (χ1v) is 5.35. The Kier molecular flexibility index (Phi) is 2.63. The van der Waals surface area contributed by atoms with E-state index < -0.39 is 0 Å². The third kappa shape index (κ3) is 1.71. The second-order valence-corrected chi connectivity index (χ2v) is 4.45. The Bertz CT molecular complexity index is 232. The van der Waals surface area contributed by atoms with Gasteiger partial charge in [-0.25, -0.2) is 4.79 Å². The zero-order valence-electron chi connectivity index (χ0n) is 8.57. The minimum absolute atomic E-state index is 0.0221. The molecule has 0 aromatic heterocycles. The van der Waals surface area contributed by atoms with E-state index in [4.69, 9.17) is 0 Å². The molecule has 4 heteroatoms. The van der Waals surface area contributed by atoms with Crippen LogP contribution in [-0.2, 0) is 0 Å². The largest absolute Gasteiger partial charge is 0.393 e. The maximum Gasteiger partial charge on any atom is 0.317 e. The molecule has 1 saturated carbocycles. The molecule has 14 heavy (non-hydrogen) atoms. The Morgan fingerprint density at radius 2 is 2.07 bits per heavy atom. The first kappa shape index (κ1) is 9.77. The molecule has 2 fully saturated rings. The zero-order valence-corrected chi connectivity index (χ0v) is 8.57. The summed E-state index contributed by atoms with van der Waals surface area (Å²) in [7, 11) is 1.67. The number of nitrogens with zero attached hydrogens (tertiary/aromatic N) is 1. The van der Waals surface area contributed by atoms with Crippen molar-refractivity contribution in [1.29, 1.82) is 0 Å². The van der Waals surface area contributed by atoms with Crippen molar-refractivity contribution in [2.75, 3.05) is 20.1 Å². The molecule has 1 heterocycles. The van der Waals surface area contributed by atoms with E-state index in [1.54, 1.807) is 7.05 Å². The highest BCUT2D eigenvalue weighted by molar-refractivity contribution is 5.74. The Hall–Kier alpha value is -0.770. The Morgan fingerprint density at radius 1 is 1.36 bits per heavy atom. The van der Waals surface area contributed by atoms with Gasteiger partial charge in [0.2, 0.25) is 0 Å². The van der Waals surface area contributed by atoms with Crippen molar-refractivity contribution >= 4 is 6.03 Å². The summed E-state index contributed by atoms with van der Waals surface area (Å²) in [4.78, 5) is 13.3. The smallest absolute Gasteiger partial charge is 0.317 e. The molecular formula is C10H18N2O2. The topological polar surface area (TPSA) is 52.6 Å². The fourth-order valence-corrected chi connectivity index (χ4v) is 2.73. The molecule has 0 spiro atoms. The summed E-state index contributed by atoms with van der Waals surface area (Å²) in [5.74, 6) is 1.15. The summed E-state index contributed by atoms with van der Waals surface area (Å²) in [6, 6.07) is 0.0221. The van der Waals surface area contributed by atoms with Gasteiger partial charge >= 0.3 is 6.03 Å². The SMILES string of the molecule is CNC(=O)N1CC2CCC(O)CC2C1. The van der Waals surface area contributed by atoms with Crippen LogP contribution in [0.25, 0.3) is 0 Å². The van der Waals surface area contributed by atoms with Gasteiger partial charge in [-0.3, -0.25) is 0 Å². The van der Waals surface area contributed by atoms with Gasteiger partial charge in [-0.1, -0.05) is 0 Å². The number of carbonyl (C=O) groups is 1. The number of amides is 2. The monoisotopic (exact) mass is 198 g/mol. The first-order valence-electron chi connectivity index (χ1n) is 5.35. The quantitative estimate of drug-likeness (QED) is 0.592. The molecule has 2 N–H and O–H groups in total. The van der Waals surface area contributed by atoms with E-state index in [1.165, 1.54) is 0 Å². The van der Waals surface area contributed by atoms with E-state index in [0.29, 0.717) is 11.8 Å². The minimum atomic E-state index is -0.138. The van der Waals surface area contributed by atoms with Gasteiger partial charge in [-0.05, 0) is 31.1 Å². The maximum atomic E-state index is 11.4. The van der Waals surface area contributed by atoms with Crippen molar-refractivity contribution in [2.24, 2.45) is 11.8 Å². The van der Waals surface area contributed by atoms with Crippen LogP contribution in [0.1, 0.15) is 19.3 Å². The van der Waals surface area contributed by atoms with Crippen LogP contribution in [0.3, 0.4) is 0 Å². The number of fused-ring (bicyclic) bond motifs is 1. The van der Waals surface area contributed by atoms with Crippen LogP contribution in [0, 0.1) is 11.8 Å². The van der Waals surface area contributed by atoms with Crippen molar-refractivity contribution in [2.45, 2.75) is 25.4 Å². The molecule has 2 amide bonds. The highest BCUT2D eigenvalue weighted by Crippen LogP contribution is 2.36. The fourth-order valence-electron chi connectivity index (χ4n) is 2.73. The summed E-state index contributed by atoms with van der Waals surface area (Å²) in [6.07, 6.45) is 2.71. The van der Waals surface area contributed by atoms with Gasteiger partial charge in [-0.15, -0.1) is 0 Å². The number of carbonyl (C=O) groups excluding carboxylic acids is 1. The lowest BCUT2D eigenvalue weighted by molar-refractivity contribution is 0.0866. The fraction of sp³-hybridized carbons (Fsp3) is 0.900. The number of urea groups is 1. The van der Waals surface area contributed by atoms with Crippen LogP contribution in [0.15, 0.2) is 0 Å². The predicted octanol–water partition coefficient (Wildman–Crippen LogP) is 0.419. The van der Waals surface area contributed by atoms with Crippen molar-refractivity contribution in [3.8, 4) is 0 Å². The van der Waals surface area contributed by atoms with Crippen molar-refractivity contribution in [3.63, 3.8) is 0 Å². The summed E-state index contributed by atoms with van der Waals surface area (Å²) >= 11 is 0. The average molecular weight is 198 g/mol. The van der Waals surface area contributed by atoms with Gasteiger partial charge in [0.25, 0.3) is 0 Å².